The lowest BCUT2D eigenvalue weighted by Gasteiger charge is -2.30. The lowest BCUT2D eigenvalue weighted by Crippen LogP contribution is -2.44. The highest BCUT2D eigenvalue weighted by Gasteiger charge is 2.23. The molecular formula is C10H24Cl2N2. The molecule has 0 bridgehead atoms. The van der Waals surface area contributed by atoms with Crippen LogP contribution in [-0.4, -0.2) is 30.6 Å². The second-order valence-electron chi connectivity index (χ2n) is 4.98. The molecular weight excluding hydrogens is 219 g/mol. The van der Waals surface area contributed by atoms with Crippen LogP contribution in [0.4, 0.5) is 0 Å². The fourth-order valence-electron chi connectivity index (χ4n) is 1.52. The van der Waals surface area contributed by atoms with Gasteiger partial charge >= 0.3 is 0 Å². The van der Waals surface area contributed by atoms with Crippen molar-refractivity contribution >= 4 is 24.8 Å². The van der Waals surface area contributed by atoms with E-state index in [1.807, 2.05) is 0 Å². The minimum Gasteiger partial charge on any atom is -0.326 e. The SMILES string of the molecule is CC(C)(C)[C@H](N)CN1CCCC1.Cl.Cl. The molecule has 14 heavy (non-hydrogen) atoms. The van der Waals surface area contributed by atoms with Crippen LogP contribution in [0.2, 0.25) is 0 Å². The predicted molar refractivity (Wildman–Crippen MR) is 67.6 cm³/mol. The summed E-state index contributed by atoms with van der Waals surface area (Å²) in [6.45, 7) is 10.2. The fourth-order valence-corrected chi connectivity index (χ4v) is 1.52. The number of halogens is 2. The topological polar surface area (TPSA) is 29.3 Å². The lowest BCUT2D eigenvalue weighted by molar-refractivity contribution is 0.227. The normalized spacial score (nSPS) is 19.7. The standard InChI is InChI=1S/C10H22N2.2ClH/c1-10(2,3)9(11)8-12-6-4-5-7-12;;/h9H,4-8,11H2,1-3H3;2*1H/t9-;;/m1../s1. The smallest absolute Gasteiger partial charge is 0.0217 e. The average molecular weight is 243 g/mol. The zero-order valence-electron chi connectivity index (χ0n) is 9.45. The summed E-state index contributed by atoms with van der Waals surface area (Å²) in [5, 5.41) is 0. The Labute approximate surface area is 100 Å². The van der Waals surface area contributed by atoms with E-state index in [0.717, 1.165) is 6.54 Å². The number of likely N-dealkylation sites (tertiary alicyclic amines) is 1. The van der Waals surface area contributed by atoms with Crippen LogP contribution < -0.4 is 5.73 Å². The molecule has 1 atom stereocenters. The molecule has 1 aliphatic heterocycles. The Balaban J connectivity index is 0. The van der Waals surface area contributed by atoms with Gasteiger partial charge in [-0.15, -0.1) is 24.8 Å². The van der Waals surface area contributed by atoms with Crippen molar-refractivity contribution in [2.45, 2.75) is 39.7 Å². The third-order valence-electron chi connectivity index (χ3n) is 2.77. The van der Waals surface area contributed by atoms with Gasteiger partial charge in [0.05, 0.1) is 0 Å². The molecule has 0 aromatic carbocycles. The molecule has 1 saturated heterocycles. The molecule has 0 aromatic heterocycles. The molecule has 0 radical (unpaired) electrons. The fraction of sp³-hybridized carbons (Fsp3) is 1.00. The zero-order valence-corrected chi connectivity index (χ0v) is 11.1. The van der Waals surface area contributed by atoms with Gasteiger partial charge in [-0.05, 0) is 31.3 Å². The van der Waals surface area contributed by atoms with Crippen molar-refractivity contribution in [3.63, 3.8) is 0 Å². The van der Waals surface area contributed by atoms with Gasteiger partial charge in [-0.2, -0.15) is 0 Å². The van der Waals surface area contributed by atoms with E-state index in [1.165, 1.54) is 25.9 Å². The maximum absolute atomic E-state index is 6.09. The molecule has 0 saturated carbocycles. The van der Waals surface area contributed by atoms with E-state index in [-0.39, 0.29) is 30.2 Å². The molecule has 4 heteroatoms. The van der Waals surface area contributed by atoms with Crippen LogP contribution in [0.25, 0.3) is 0 Å². The number of nitrogens with zero attached hydrogens (tertiary/aromatic N) is 1. The van der Waals surface area contributed by atoms with Gasteiger partial charge in [-0.25, -0.2) is 0 Å². The molecule has 2 N–H and O–H groups in total. The van der Waals surface area contributed by atoms with E-state index in [1.54, 1.807) is 0 Å². The van der Waals surface area contributed by atoms with Crippen LogP contribution in [-0.2, 0) is 0 Å². The highest BCUT2D eigenvalue weighted by atomic mass is 35.5. The van der Waals surface area contributed by atoms with Gasteiger partial charge in [0.25, 0.3) is 0 Å². The molecule has 1 heterocycles. The first-order chi connectivity index (χ1) is 5.50. The van der Waals surface area contributed by atoms with E-state index < -0.39 is 0 Å². The number of hydrogen-bond donors (Lipinski definition) is 1. The quantitative estimate of drug-likeness (QED) is 0.806. The van der Waals surface area contributed by atoms with Crippen molar-refractivity contribution in [2.24, 2.45) is 11.1 Å². The molecule has 2 nitrogen and oxygen atoms in total. The Morgan fingerprint density at radius 3 is 1.93 bits per heavy atom. The summed E-state index contributed by atoms with van der Waals surface area (Å²) < 4.78 is 0. The van der Waals surface area contributed by atoms with Gasteiger partial charge < -0.3 is 10.6 Å². The van der Waals surface area contributed by atoms with Crippen molar-refractivity contribution in [2.75, 3.05) is 19.6 Å². The van der Waals surface area contributed by atoms with Crippen LogP contribution in [0.5, 0.6) is 0 Å². The number of rotatable bonds is 2. The van der Waals surface area contributed by atoms with Crippen LogP contribution in [0.3, 0.4) is 0 Å². The summed E-state index contributed by atoms with van der Waals surface area (Å²) in [6.07, 6.45) is 2.72. The Morgan fingerprint density at radius 1 is 1.14 bits per heavy atom. The van der Waals surface area contributed by atoms with E-state index >= 15 is 0 Å². The molecule has 0 spiro atoms. The molecule has 1 fully saturated rings. The van der Waals surface area contributed by atoms with Crippen LogP contribution in [0, 0.1) is 5.41 Å². The van der Waals surface area contributed by atoms with Crippen molar-refractivity contribution < 1.29 is 0 Å². The highest BCUT2D eigenvalue weighted by Crippen LogP contribution is 2.19. The number of hydrogen-bond acceptors (Lipinski definition) is 2. The summed E-state index contributed by atoms with van der Waals surface area (Å²) in [7, 11) is 0. The minimum absolute atomic E-state index is 0. The van der Waals surface area contributed by atoms with Gasteiger partial charge in [0, 0.05) is 12.6 Å². The molecule has 1 aliphatic rings. The van der Waals surface area contributed by atoms with Gasteiger partial charge in [-0.3, -0.25) is 0 Å². The van der Waals surface area contributed by atoms with Crippen molar-refractivity contribution in [1.82, 2.24) is 4.90 Å². The maximum Gasteiger partial charge on any atom is 0.0217 e. The Hall–Kier alpha value is 0.500. The number of nitrogens with two attached hydrogens (primary N) is 1. The second-order valence-corrected chi connectivity index (χ2v) is 4.98. The summed E-state index contributed by atoms with van der Waals surface area (Å²) in [5.74, 6) is 0. The second kappa shape index (κ2) is 6.89. The zero-order chi connectivity index (χ0) is 9.19. The van der Waals surface area contributed by atoms with E-state index in [9.17, 15) is 0 Å². The monoisotopic (exact) mass is 242 g/mol. The van der Waals surface area contributed by atoms with Gasteiger partial charge in [0.1, 0.15) is 0 Å². The van der Waals surface area contributed by atoms with E-state index in [2.05, 4.69) is 25.7 Å². The van der Waals surface area contributed by atoms with Gasteiger partial charge in [0.2, 0.25) is 0 Å². The summed E-state index contributed by atoms with van der Waals surface area (Å²) >= 11 is 0. The van der Waals surface area contributed by atoms with Crippen molar-refractivity contribution in [3.8, 4) is 0 Å². The molecule has 0 aromatic rings. The van der Waals surface area contributed by atoms with Crippen molar-refractivity contribution in [1.29, 1.82) is 0 Å². The Bertz CT molecular complexity index is 140. The van der Waals surface area contributed by atoms with Crippen molar-refractivity contribution in [3.05, 3.63) is 0 Å². The van der Waals surface area contributed by atoms with Gasteiger partial charge in [-0.1, -0.05) is 20.8 Å². The molecule has 0 amide bonds. The first kappa shape index (κ1) is 16.9. The minimum atomic E-state index is 0. The average Bonchev–Trinajstić information content (AvgIpc) is 2.37. The van der Waals surface area contributed by atoms with Crippen LogP contribution in [0.15, 0.2) is 0 Å². The molecule has 0 aliphatic carbocycles. The predicted octanol–water partition coefficient (Wildman–Crippen LogP) is 2.30. The summed E-state index contributed by atoms with van der Waals surface area (Å²) in [5.41, 5.74) is 6.34. The third kappa shape index (κ3) is 5.40. The van der Waals surface area contributed by atoms with Gasteiger partial charge in [0.15, 0.2) is 0 Å². The van der Waals surface area contributed by atoms with E-state index in [0.29, 0.717) is 6.04 Å². The largest absolute Gasteiger partial charge is 0.326 e. The molecule has 1 rings (SSSR count). The first-order valence-corrected chi connectivity index (χ1v) is 4.98. The summed E-state index contributed by atoms with van der Waals surface area (Å²) in [6, 6.07) is 0.315. The van der Waals surface area contributed by atoms with E-state index in [4.69, 9.17) is 5.73 Å². The Kier molecular flexibility index (Phi) is 8.32. The summed E-state index contributed by atoms with van der Waals surface area (Å²) in [4.78, 5) is 2.48. The third-order valence-corrected chi connectivity index (χ3v) is 2.77. The lowest BCUT2D eigenvalue weighted by atomic mass is 9.87. The Morgan fingerprint density at radius 2 is 1.57 bits per heavy atom. The molecule has 88 valence electrons. The maximum atomic E-state index is 6.09. The molecule has 0 unspecified atom stereocenters. The van der Waals surface area contributed by atoms with Crippen LogP contribution in [0.1, 0.15) is 33.6 Å². The first-order valence-electron chi connectivity index (χ1n) is 4.98. The highest BCUT2D eigenvalue weighted by molar-refractivity contribution is 5.85. The van der Waals surface area contributed by atoms with Crippen LogP contribution >= 0.6 is 24.8 Å².